The van der Waals surface area contributed by atoms with Crippen LogP contribution >= 0.6 is 0 Å². The van der Waals surface area contributed by atoms with Crippen molar-refractivity contribution in [1.82, 2.24) is 4.98 Å². The zero-order valence-corrected chi connectivity index (χ0v) is 11.1. The van der Waals surface area contributed by atoms with E-state index in [1.54, 1.807) is 12.1 Å². The number of rotatable bonds is 3. The number of ether oxygens (including phenoxy) is 1. The maximum Gasteiger partial charge on any atom is 0.354 e. The first-order chi connectivity index (χ1) is 8.99. The standard InChI is InChI=1S/C15H15NO3/c1-9-7-8-10(2)14(11(9)3)19-13-6-4-5-12(16-13)15(17)18/h4-8H,1-3H3,(H,17,18). The van der Waals surface area contributed by atoms with Crippen molar-refractivity contribution in [3.8, 4) is 11.6 Å². The van der Waals surface area contributed by atoms with Crippen LogP contribution in [0.5, 0.6) is 11.6 Å². The minimum Gasteiger partial charge on any atom is -0.477 e. The first-order valence-corrected chi connectivity index (χ1v) is 5.94. The molecule has 1 heterocycles. The summed E-state index contributed by atoms with van der Waals surface area (Å²) in [4.78, 5) is 14.8. The molecule has 0 spiro atoms. The molecule has 0 aliphatic carbocycles. The Hall–Kier alpha value is -2.36. The highest BCUT2D eigenvalue weighted by atomic mass is 16.5. The van der Waals surface area contributed by atoms with E-state index in [9.17, 15) is 4.79 Å². The first-order valence-electron chi connectivity index (χ1n) is 5.94. The number of carbonyl (C=O) groups is 1. The van der Waals surface area contributed by atoms with Crippen molar-refractivity contribution in [2.45, 2.75) is 20.8 Å². The normalized spacial score (nSPS) is 10.3. The number of aromatic carboxylic acids is 1. The van der Waals surface area contributed by atoms with Gasteiger partial charge in [0.05, 0.1) is 0 Å². The molecule has 4 nitrogen and oxygen atoms in total. The molecule has 2 rings (SSSR count). The zero-order chi connectivity index (χ0) is 14.0. The van der Waals surface area contributed by atoms with Gasteiger partial charge in [0.15, 0.2) is 5.69 Å². The van der Waals surface area contributed by atoms with E-state index in [2.05, 4.69) is 4.98 Å². The summed E-state index contributed by atoms with van der Waals surface area (Å²) in [6, 6.07) is 8.70. The van der Waals surface area contributed by atoms with Gasteiger partial charge < -0.3 is 9.84 Å². The molecule has 1 N–H and O–H groups in total. The average Bonchev–Trinajstić information content (AvgIpc) is 2.39. The number of nitrogens with zero attached hydrogens (tertiary/aromatic N) is 1. The molecule has 0 amide bonds. The van der Waals surface area contributed by atoms with E-state index in [1.165, 1.54) is 6.07 Å². The Morgan fingerprint density at radius 1 is 1.11 bits per heavy atom. The predicted octanol–water partition coefficient (Wildman–Crippen LogP) is 3.50. The molecule has 0 radical (unpaired) electrons. The Morgan fingerprint density at radius 2 is 1.79 bits per heavy atom. The molecule has 0 aliphatic rings. The molecular weight excluding hydrogens is 242 g/mol. The molecule has 0 atom stereocenters. The van der Waals surface area contributed by atoms with E-state index in [4.69, 9.17) is 9.84 Å². The SMILES string of the molecule is Cc1ccc(C)c(Oc2cccc(C(=O)O)n2)c1C. The smallest absolute Gasteiger partial charge is 0.354 e. The Kier molecular flexibility index (Phi) is 3.51. The van der Waals surface area contributed by atoms with E-state index in [-0.39, 0.29) is 11.6 Å². The largest absolute Gasteiger partial charge is 0.477 e. The number of pyridine rings is 1. The third-order valence-corrected chi connectivity index (χ3v) is 3.02. The second-order valence-electron chi connectivity index (χ2n) is 4.42. The molecule has 0 aliphatic heterocycles. The second kappa shape index (κ2) is 5.10. The summed E-state index contributed by atoms with van der Waals surface area (Å²) in [5, 5.41) is 8.91. The van der Waals surface area contributed by atoms with Gasteiger partial charge >= 0.3 is 5.97 Å². The third kappa shape index (κ3) is 2.73. The summed E-state index contributed by atoms with van der Waals surface area (Å²) in [5.41, 5.74) is 3.11. The zero-order valence-electron chi connectivity index (χ0n) is 11.1. The topological polar surface area (TPSA) is 59.4 Å². The minimum atomic E-state index is -1.07. The van der Waals surface area contributed by atoms with E-state index >= 15 is 0 Å². The van der Waals surface area contributed by atoms with Crippen molar-refractivity contribution in [1.29, 1.82) is 0 Å². The summed E-state index contributed by atoms with van der Waals surface area (Å²) >= 11 is 0. The molecule has 0 bridgehead atoms. The van der Waals surface area contributed by atoms with Crippen LogP contribution in [0, 0.1) is 20.8 Å². The number of hydrogen-bond donors (Lipinski definition) is 1. The fourth-order valence-electron chi connectivity index (χ4n) is 1.78. The van der Waals surface area contributed by atoms with Crippen molar-refractivity contribution in [3.63, 3.8) is 0 Å². The summed E-state index contributed by atoms with van der Waals surface area (Å²) in [6.45, 7) is 5.92. The molecular formula is C15H15NO3. The van der Waals surface area contributed by atoms with Crippen molar-refractivity contribution < 1.29 is 14.6 Å². The molecule has 0 unspecified atom stereocenters. The highest BCUT2D eigenvalue weighted by molar-refractivity contribution is 5.85. The Labute approximate surface area is 111 Å². The van der Waals surface area contributed by atoms with Gasteiger partial charge in [-0.25, -0.2) is 9.78 Å². The molecule has 2 aromatic rings. The first kappa shape index (κ1) is 13.1. The molecule has 98 valence electrons. The summed E-state index contributed by atoms with van der Waals surface area (Å²) in [7, 11) is 0. The lowest BCUT2D eigenvalue weighted by atomic mass is 10.1. The van der Waals surface area contributed by atoms with Crippen LogP contribution in [0.4, 0.5) is 0 Å². The van der Waals surface area contributed by atoms with Crippen LogP contribution in [0.3, 0.4) is 0 Å². The highest BCUT2D eigenvalue weighted by Crippen LogP contribution is 2.29. The number of carboxylic acid groups (broad SMARTS) is 1. The van der Waals surface area contributed by atoms with Gasteiger partial charge in [-0.2, -0.15) is 0 Å². The molecule has 4 heteroatoms. The number of carboxylic acids is 1. The number of hydrogen-bond acceptors (Lipinski definition) is 3. The number of aryl methyl sites for hydroxylation is 2. The maximum atomic E-state index is 10.9. The van der Waals surface area contributed by atoms with Crippen molar-refractivity contribution >= 4 is 5.97 Å². The molecule has 1 aromatic heterocycles. The Bertz CT molecular complexity index is 635. The van der Waals surface area contributed by atoms with Crippen LogP contribution < -0.4 is 4.74 Å². The van der Waals surface area contributed by atoms with E-state index in [0.717, 1.165) is 22.4 Å². The lowest BCUT2D eigenvalue weighted by Gasteiger charge is -2.13. The summed E-state index contributed by atoms with van der Waals surface area (Å²) < 4.78 is 5.74. The van der Waals surface area contributed by atoms with Crippen LogP contribution in [0.1, 0.15) is 27.2 Å². The minimum absolute atomic E-state index is 0.0274. The molecule has 1 aromatic carbocycles. The predicted molar refractivity (Wildman–Crippen MR) is 71.9 cm³/mol. The third-order valence-electron chi connectivity index (χ3n) is 3.02. The van der Waals surface area contributed by atoms with Crippen LogP contribution in [0.2, 0.25) is 0 Å². The molecule has 19 heavy (non-hydrogen) atoms. The summed E-state index contributed by atoms with van der Waals surface area (Å²) in [5.74, 6) is -0.0464. The van der Waals surface area contributed by atoms with Gasteiger partial charge in [0.1, 0.15) is 5.75 Å². The van der Waals surface area contributed by atoms with Gasteiger partial charge in [0.25, 0.3) is 0 Å². The van der Waals surface area contributed by atoms with Crippen molar-refractivity contribution in [2.24, 2.45) is 0 Å². The van der Waals surface area contributed by atoms with E-state index in [0.29, 0.717) is 0 Å². The quantitative estimate of drug-likeness (QED) is 0.914. The average molecular weight is 257 g/mol. The maximum absolute atomic E-state index is 10.9. The Balaban J connectivity index is 2.39. The molecule has 0 saturated heterocycles. The number of aromatic nitrogens is 1. The lowest BCUT2D eigenvalue weighted by Crippen LogP contribution is -2.01. The van der Waals surface area contributed by atoms with Gasteiger partial charge in [0.2, 0.25) is 5.88 Å². The lowest BCUT2D eigenvalue weighted by molar-refractivity contribution is 0.0689. The van der Waals surface area contributed by atoms with E-state index in [1.807, 2.05) is 32.9 Å². The monoisotopic (exact) mass is 257 g/mol. The van der Waals surface area contributed by atoms with Gasteiger partial charge in [-0.1, -0.05) is 18.2 Å². The van der Waals surface area contributed by atoms with Gasteiger partial charge in [-0.05, 0) is 43.5 Å². The van der Waals surface area contributed by atoms with Gasteiger partial charge in [-0.3, -0.25) is 0 Å². The van der Waals surface area contributed by atoms with Crippen molar-refractivity contribution in [3.05, 3.63) is 52.7 Å². The fourth-order valence-corrected chi connectivity index (χ4v) is 1.78. The fraction of sp³-hybridized carbons (Fsp3) is 0.200. The van der Waals surface area contributed by atoms with Crippen LogP contribution in [-0.4, -0.2) is 16.1 Å². The molecule has 0 saturated carbocycles. The van der Waals surface area contributed by atoms with E-state index < -0.39 is 5.97 Å². The number of benzene rings is 1. The van der Waals surface area contributed by atoms with Crippen LogP contribution in [0.25, 0.3) is 0 Å². The van der Waals surface area contributed by atoms with Crippen LogP contribution in [0.15, 0.2) is 30.3 Å². The molecule has 0 fully saturated rings. The second-order valence-corrected chi connectivity index (χ2v) is 4.42. The Morgan fingerprint density at radius 3 is 2.47 bits per heavy atom. The van der Waals surface area contributed by atoms with Gasteiger partial charge in [0, 0.05) is 6.07 Å². The van der Waals surface area contributed by atoms with Gasteiger partial charge in [-0.15, -0.1) is 0 Å². The van der Waals surface area contributed by atoms with Crippen LogP contribution in [-0.2, 0) is 0 Å². The van der Waals surface area contributed by atoms with Crippen molar-refractivity contribution in [2.75, 3.05) is 0 Å². The summed E-state index contributed by atoms with van der Waals surface area (Å²) in [6.07, 6.45) is 0. The highest BCUT2D eigenvalue weighted by Gasteiger charge is 2.10.